The van der Waals surface area contributed by atoms with Gasteiger partial charge >= 0.3 is 0 Å². The van der Waals surface area contributed by atoms with E-state index < -0.39 is 0 Å². The predicted molar refractivity (Wildman–Crippen MR) is 154 cm³/mol. The molecule has 1 rings (SSSR count). The van der Waals surface area contributed by atoms with Crippen molar-refractivity contribution < 1.29 is 4.79 Å². The minimum atomic E-state index is 0.359. The predicted octanol–water partition coefficient (Wildman–Crippen LogP) is 7.90. The van der Waals surface area contributed by atoms with Gasteiger partial charge in [0.25, 0.3) is 0 Å². The second kappa shape index (κ2) is 23.8. The van der Waals surface area contributed by atoms with Crippen LogP contribution in [-0.2, 0) is 4.79 Å². The monoisotopic (exact) mass is 493 g/mol. The van der Waals surface area contributed by atoms with E-state index in [9.17, 15) is 4.79 Å². The third kappa shape index (κ3) is 19.2. The Balaban J connectivity index is 2.20. The smallest absolute Gasteiger partial charge is 0.236 e. The lowest BCUT2D eigenvalue weighted by Gasteiger charge is -2.34. The molecule has 1 aliphatic rings. The van der Waals surface area contributed by atoms with E-state index >= 15 is 0 Å². The molecule has 1 amide bonds. The minimum absolute atomic E-state index is 0.359. The summed E-state index contributed by atoms with van der Waals surface area (Å²) in [5.41, 5.74) is 0. The van der Waals surface area contributed by atoms with Crippen molar-refractivity contribution in [2.45, 2.75) is 142 Å². The molecule has 1 fully saturated rings. The van der Waals surface area contributed by atoms with Crippen LogP contribution in [0.5, 0.6) is 0 Å². The molecule has 1 saturated heterocycles. The molecule has 0 aliphatic carbocycles. The molecule has 0 unspecified atom stereocenters. The van der Waals surface area contributed by atoms with Gasteiger partial charge in [-0.1, -0.05) is 129 Å². The fraction of sp³-hybridized carbons (Fsp3) is 0.968. The summed E-state index contributed by atoms with van der Waals surface area (Å²) in [5.74, 6) is 0.359. The van der Waals surface area contributed by atoms with Crippen molar-refractivity contribution in [2.75, 3.05) is 52.9 Å². The Morgan fingerprint density at radius 3 is 1.26 bits per heavy atom. The molecule has 0 spiro atoms. The van der Waals surface area contributed by atoms with Gasteiger partial charge in [-0.2, -0.15) is 0 Å². The average Bonchev–Trinajstić information content (AvgIpc) is 2.86. The van der Waals surface area contributed by atoms with Gasteiger partial charge in [-0.05, 0) is 33.0 Å². The van der Waals surface area contributed by atoms with Crippen molar-refractivity contribution in [3.8, 4) is 0 Å². The molecule has 0 aromatic heterocycles. The summed E-state index contributed by atoms with van der Waals surface area (Å²) in [6.07, 6.45) is 27.5. The maximum Gasteiger partial charge on any atom is 0.236 e. The van der Waals surface area contributed by atoms with Crippen molar-refractivity contribution in [1.82, 2.24) is 14.7 Å². The van der Waals surface area contributed by atoms with Crippen molar-refractivity contribution in [3.05, 3.63) is 0 Å². The molecule has 0 aromatic carbocycles. The molecule has 1 aliphatic heterocycles. The summed E-state index contributed by atoms with van der Waals surface area (Å²) < 4.78 is 0. The van der Waals surface area contributed by atoms with Crippen molar-refractivity contribution >= 4 is 5.91 Å². The highest BCUT2D eigenvalue weighted by atomic mass is 16.2. The Morgan fingerprint density at radius 1 is 0.543 bits per heavy atom. The Morgan fingerprint density at radius 2 is 0.886 bits per heavy atom. The third-order valence-electron chi connectivity index (χ3n) is 7.87. The van der Waals surface area contributed by atoms with Crippen LogP contribution in [0, 0.1) is 0 Å². The second-order valence-corrected chi connectivity index (χ2v) is 11.3. The van der Waals surface area contributed by atoms with Gasteiger partial charge in [-0.3, -0.25) is 9.69 Å². The number of likely N-dealkylation sites (N-methyl/N-ethyl adjacent to an activating group) is 1. The summed E-state index contributed by atoms with van der Waals surface area (Å²) in [5, 5.41) is 0. The lowest BCUT2D eigenvalue weighted by molar-refractivity contribution is -0.134. The number of amides is 1. The third-order valence-corrected chi connectivity index (χ3v) is 7.87. The first-order valence-corrected chi connectivity index (χ1v) is 15.9. The van der Waals surface area contributed by atoms with Gasteiger partial charge in [-0.15, -0.1) is 0 Å². The summed E-state index contributed by atoms with van der Waals surface area (Å²) in [7, 11) is 2.16. The molecular weight excluding hydrogens is 430 g/mol. The molecule has 0 aromatic rings. The Hall–Kier alpha value is -0.610. The van der Waals surface area contributed by atoms with Crippen LogP contribution in [0.25, 0.3) is 0 Å². The molecule has 4 heteroatoms. The second-order valence-electron chi connectivity index (χ2n) is 11.3. The van der Waals surface area contributed by atoms with Crippen LogP contribution < -0.4 is 0 Å². The van der Waals surface area contributed by atoms with Crippen LogP contribution in [0.1, 0.15) is 142 Å². The van der Waals surface area contributed by atoms with Crippen LogP contribution in [0.4, 0.5) is 0 Å². The van der Waals surface area contributed by atoms with Gasteiger partial charge in [0.1, 0.15) is 0 Å². The quantitative estimate of drug-likeness (QED) is 0.128. The molecule has 0 N–H and O–H groups in total. The SMILES string of the molecule is CCCCCCCCCCCCN(CCCCCCCCCCCC)CC(=O)N1CCN(C)CC1. The highest BCUT2D eigenvalue weighted by molar-refractivity contribution is 5.78. The largest absolute Gasteiger partial charge is 0.339 e. The lowest BCUT2D eigenvalue weighted by atomic mass is 10.1. The minimum Gasteiger partial charge on any atom is -0.339 e. The van der Waals surface area contributed by atoms with Crippen LogP contribution >= 0.6 is 0 Å². The Bertz CT molecular complexity index is 438. The van der Waals surface area contributed by atoms with Crippen LogP contribution in [0.15, 0.2) is 0 Å². The first kappa shape index (κ1) is 32.4. The number of hydrogen-bond donors (Lipinski definition) is 0. The zero-order valence-electron chi connectivity index (χ0n) is 24.3. The van der Waals surface area contributed by atoms with Crippen LogP contribution in [-0.4, -0.2) is 73.5 Å². The number of nitrogens with zero attached hydrogens (tertiary/aromatic N) is 3. The zero-order chi connectivity index (χ0) is 25.4. The van der Waals surface area contributed by atoms with Crippen LogP contribution in [0.3, 0.4) is 0 Å². The van der Waals surface area contributed by atoms with Gasteiger partial charge in [0.2, 0.25) is 5.91 Å². The van der Waals surface area contributed by atoms with E-state index in [2.05, 4.69) is 35.6 Å². The molecule has 0 saturated carbocycles. The lowest BCUT2D eigenvalue weighted by Crippen LogP contribution is -2.50. The number of rotatable bonds is 24. The molecule has 0 atom stereocenters. The van der Waals surface area contributed by atoms with Gasteiger partial charge in [-0.25, -0.2) is 0 Å². The normalized spacial score (nSPS) is 14.8. The van der Waals surface area contributed by atoms with E-state index in [0.29, 0.717) is 12.5 Å². The highest BCUT2D eigenvalue weighted by Crippen LogP contribution is 2.13. The van der Waals surface area contributed by atoms with Gasteiger partial charge in [0.05, 0.1) is 6.54 Å². The Kier molecular flexibility index (Phi) is 22.0. The number of carbonyl (C=O) groups excluding carboxylic acids is 1. The van der Waals surface area contributed by atoms with Crippen molar-refractivity contribution in [2.24, 2.45) is 0 Å². The first-order valence-electron chi connectivity index (χ1n) is 15.9. The van der Waals surface area contributed by atoms with E-state index in [4.69, 9.17) is 0 Å². The average molecular weight is 494 g/mol. The van der Waals surface area contributed by atoms with Gasteiger partial charge < -0.3 is 9.80 Å². The highest BCUT2D eigenvalue weighted by Gasteiger charge is 2.20. The van der Waals surface area contributed by atoms with E-state index in [1.807, 2.05) is 0 Å². The number of piperazine rings is 1. The molecule has 1 heterocycles. The standard InChI is InChI=1S/C31H63N3O/c1-4-6-8-10-12-14-16-18-20-22-24-33(30-31(35)34-28-26-32(3)27-29-34)25-23-21-19-17-15-13-11-9-7-5-2/h4-30H2,1-3H3. The summed E-state index contributed by atoms with van der Waals surface area (Å²) in [6, 6.07) is 0. The first-order chi connectivity index (χ1) is 17.2. The summed E-state index contributed by atoms with van der Waals surface area (Å²) in [4.78, 5) is 19.9. The molecular formula is C31H63N3O. The fourth-order valence-corrected chi connectivity index (χ4v) is 5.26. The maximum atomic E-state index is 12.9. The van der Waals surface area contributed by atoms with E-state index in [-0.39, 0.29) is 0 Å². The topological polar surface area (TPSA) is 26.8 Å². The summed E-state index contributed by atoms with van der Waals surface area (Å²) >= 11 is 0. The van der Waals surface area contributed by atoms with E-state index in [1.54, 1.807) is 0 Å². The van der Waals surface area contributed by atoms with E-state index in [0.717, 1.165) is 39.3 Å². The maximum absolute atomic E-state index is 12.9. The number of hydrogen-bond acceptors (Lipinski definition) is 3. The number of carbonyl (C=O) groups is 1. The van der Waals surface area contributed by atoms with E-state index in [1.165, 1.54) is 128 Å². The molecule has 4 nitrogen and oxygen atoms in total. The summed E-state index contributed by atoms with van der Waals surface area (Å²) in [6.45, 7) is 11.3. The Labute approximate surface area is 220 Å². The van der Waals surface area contributed by atoms with Gasteiger partial charge in [0.15, 0.2) is 0 Å². The molecule has 0 radical (unpaired) electrons. The molecule has 208 valence electrons. The van der Waals surface area contributed by atoms with Crippen molar-refractivity contribution in [1.29, 1.82) is 0 Å². The van der Waals surface area contributed by atoms with Crippen molar-refractivity contribution in [3.63, 3.8) is 0 Å². The fourth-order valence-electron chi connectivity index (χ4n) is 5.26. The zero-order valence-corrected chi connectivity index (χ0v) is 24.3. The number of unbranched alkanes of at least 4 members (excludes halogenated alkanes) is 18. The molecule has 35 heavy (non-hydrogen) atoms. The van der Waals surface area contributed by atoms with Crippen LogP contribution in [0.2, 0.25) is 0 Å². The van der Waals surface area contributed by atoms with Gasteiger partial charge in [0, 0.05) is 26.2 Å². The molecule has 0 bridgehead atoms.